The molecule has 0 spiro atoms. The van der Waals surface area contributed by atoms with Gasteiger partial charge >= 0.3 is 10.8 Å². The highest BCUT2D eigenvalue weighted by atomic mass is 32.2. The predicted octanol–water partition coefficient (Wildman–Crippen LogP) is 3.41. The summed E-state index contributed by atoms with van der Waals surface area (Å²) in [5.74, 6) is -3.13. The third-order valence-corrected chi connectivity index (χ3v) is 8.49. The minimum atomic E-state index is -0.794. The Kier molecular flexibility index (Phi) is 5.86. The zero-order chi connectivity index (χ0) is 24.0. The van der Waals surface area contributed by atoms with Crippen LogP contribution >= 0.6 is 23.1 Å². The van der Waals surface area contributed by atoms with Gasteiger partial charge in [-0.25, -0.2) is 9.29 Å². The van der Waals surface area contributed by atoms with Crippen LogP contribution in [-0.2, 0) is 25.7 Å². The van der Waals surface area contributed by atoms with E-state index in [1.807, 2.05) is 30.3 Å². The molecule has 7 nitrogen and oxygen atoms in total. The number of esters is 1. The number of aromatic nitrogens is 1. The van der Waals surface area contributed by atoms with E-state index < -0.39 is 40.7 Å². The first-order valence-electron chi connectivity index (χ1n) is 10.6. The van der Waals surface area contributed by atoms with Gasteiger partial charge in [-0.1, -0.05) is 53.4 Å². The number of hydrogen-bond acceptors (Lipinski definition) is 7. The monoisotopic (exact) mass is 498 g/mol. The molecule has 0 radical (unpaired) electrons. The molecular weight excluding hydrogens is 479 g/mol. The van der Waals surface area contributed by atoms with Gasteiger partial charge in [-0.05, 0) is 36.8 Å². The summed E-state index contributed by atoms with van der Waals surface area (Å²) >= 11 is 2.10. The van der Waals surface area contributed by atoms with Crippen LogP contribution in [0.1, 0.15) is 23.3 Å². The number of halogens is 1. The highest BCUT2D eigenvalue weighted by Gasteiger charge is 2.56. The Hall–Kier alpha value is -3.24. The first-order chi connectivity index (χ1) is 16.4. The first kappa shape index (κ1) is 22.5. The number of amides is 2. The molecule has 0 aliphatic carbocycles. The van der Waals surface area contributed by atoms with Crippen LogP contribution in [0.4, 0.5) is 10.1 Å². The number of imide groups is 1. The lowest BCUT2D eigenvalue weighted by atomic mass is 9.83. The van der Waals surface area contributed by atoms with E-state index in [1.165, 1.54) is 28.8 Å². The quantitative estimate of drug-likeness (QED) is 0.396. The lowest BCUT2D eigenvalue weighted by Crippen LogP contribution is -2.32. The van der Waals surface area contributed by atoms with Crippen molar-refractivity contribution in [3.05, 3.63) is 80.5 Å². The predicted molar refractivity (Wildman–Crippen MR) is 126 cm³/mol. The molecule has 1 saturated heterocycles. The number of carbonyl (C=O) groups excluding carboxylic acids is 3. The number of fused-ring (bicyclic) bond motifs is 2. The zero-order valence-corrected chi connectivity index (χ0v) is 19.6. The normalized spacial score (nSPS) is 21.4. The Morgan fingerprint density at radius 3 is 2.41 bits per heavy atom. The number of ether oxygens (including phenoxy) is 1. The molecule has 3 unspecified atom stereocenters. The number of anilines is 1. The minimum absolute atomic E-state index is 0.185. The molecule has 1 aromatic heterocycles. The van der Waals surface area contributed by atoms with Gasteiger partial charge in [0.25, 0.3) is 0 Å². The fraction of sp³-hybridized carbons (Fsp3) is 0.250. The standard InChI is InChI=1S/C24H19FN2O5S2/c1-2-32-16(28)12-26-23-20(34-24(26)31)17(13-6-4-3-5-7-13)18-19(33-23)22(30)27(21(18)29)15-10-8-14(25)9-11-15/h3-11,17-19H,2,12H2,1H3. The average Bonchev–Trinajstić information content (AvgIpc) is 3.27. The van der Waals surface area contributed by atoms with Crippen LogP contribution in [0.5, 0.6) is 0 Å². The van der Waals surface area contributed by atoms with Crippen molar-refractivity contribution in [3.63, 3.8) is 0 Å². The van der Waals surface area contributed by atoms with E-state index >= 15 is 0 Å². The van der Waals surface area contributed by atoms with Gasteiger partial charge < -0.3 is 4.74 Å². The Balaban J connectivity index is 1.63. The molecule has 174 valence electrons. The SMILES string of the molecule is CCOC(=O)Cn1c2c(sc1=O)C(c1ccccc1)C1C(=O)N(c3ccc(F)cc3)C(=O)C1S2. The van der Waals surface area contributed by atoms with Crippen molar-refractivity contribution >= 4 is 46.6 Å². The number of rotatable bonds is 5. The van der Waals surface area contributed by atoms with Gasteiger partial charge in [0.2, 0.25) is 11.8 Å². The first-order valence-corrected chi connectivity index (χ1v) is 12.3. The van der Waals surface area contributed by atoms with E-state index in [4.69, 9.17) is 4.74 Å². The fourth-order valence-electron chi connectivity index (χ4n) is 4.46. The molecule has 2 aliphatic rings. The summed E-state index contributed by atoms with van der Waals surface area (Å²) in [7, 11) is 0. The number of nitrogens with zero attached hydrogens (tertiary/aromatic N) is 2. The van der Waals surface area contributed by atoms with Gasteiger partial charge in [0.05, 0.1) is 23.2 Å². The van der Waals surface area contributed by atoms with Crippen molar-refractivity contribution < 1.29 is 23.5 Å². The van der Waals surface area contributed by atoms with Gasteiger partial charge in [0.1, 0.15) is 17.6 Å². The Labute approximate surface area is 202 Å². The van der Waals surface area contributed by atoms with Crippen LogP contribution in [-0.4, -0.2) is 34.2 Å². The molecule has 5 rings (SSSR count). The molecule has 0 bridgehead atoms. The Morgan fingerprint density at radius 1 is 1.03 bits per heavy atom. The maximum Gasteiger partial charge on any atom is 0.326 e. The lowest BCUT2D eigenvalue weighted by molar-refractivity contribution is -0.144. The Morgan fingerprint density at radius 2 is 1.74 bits per heavy atom. The summed E-state index contributed by atoms with van der Waals surface area (Å²) in [6.07, 6.45) is 0. The van der Waals surface area contributed by atoms with E-state index in [2.05, 4.69) is 0 Å². The molecule has 2 aromatic carbocycles. The summed E-state index contributed by atoms with van der Waals surface area (Å²) in [4.78, 5) is 53.5. The van der Waals surface area contributed by atoms with Gasteiger partial charge in [0.15, 0.2) is 0 Å². The van der Waals surface area contributed by atoms with E-state index in [-0.39, 0.29) is 18.0 Å². The summed E-state index contributed by atoms with van der Waals surface area (Å²) in [6.45, 7) is 1.60. The molecule has 2 amide bonds. The second-order valence-electron chi connectivity index (χ2n) is 7.87. The van der Waals surface area contributed by atoms with Crippen molar-refractivity contribution in [1.29, 1.82) is 0 Å². The average molecular weight is 499 g/mol. The molecule has 10 heteroatoms. The van der Waals surface area contributed by atoms with Gasteiger partial charge in [-0.3, -0.25) is 23.7 Å². The number of thiazole rings is 1. The number of hydrogen-bond donors (Lipinski definition) is 0. The van der Waals surface area contributed by atoms with Crippen molar-refractivity contribution in [3.8, 4) is 0 Å². The van der Waals surface area contributed by atoms with Crippen molar-refractivity contribution in [2.24, 2.45) is 5.92 Å². The number of carbonyl (C=O) groups is 3. The summed E-state index contributed by atoms with van der Waals surface area (Å²) in [5, 5.41) is -0.294. The molecule has 3 aromatic rings. The van der Waals surface area contributed by atoms with Crippen LogP contribution in [0.25, 0.3) is 0 Å². The smallest absolute Gasteiger partial charge is 0.326 e. The van der Waals surface area contributed by atoms with E-state index in [0.29, 0.717) is 15.6 Å². The topological polar surface area (TPSA) is 85.7 Å². The molecule has 3 atom stereocenters. The summed E-state index contributed by atoms with van der Waals surface area (Å²) < 4.78 is 19.8. The van der Waals surface area contributed by atoms with Crippen LogP contribution in [0.2, 0.25) is 0 Å². The highest BCUT2D eigenvalue weighted by Crippen LogP contribution is 2.53. The molecule has 34 heavy (non-hydrogen) atoms. The van der Waals surface area contributed by atoms with E-state index in [1.54, 1.807) is 6.92 Å². The molecule has 3 heterocycles. The van der Waals surface area contributed by atoms with Gasteiger partial charge in [-0.2, -0.15) is 0 Å². The molecular formula is C24H19FN2O5S2. The van der Waals surface area contributed by atoms with Crippen molar-refractivity contribution in [2.45, 2.75) is 29.7 Å². The number of thioether (sulfide) groups is 1. The van der Waals surface area contributed by atoms with Gasteiger partial charge in [-0.15, -0.1) is 0 Å². The molecule has 0 saturated carbocycles. The second kappa shape index (κ2) is 8.84. The number of benzene rings is 2. The zero-order valence-electron chi connectivity index (χ0n) is 18.0. The minimum Gasteiger partial charge on any atom is -0.465 e. The van der Waals surface area contributed by atoms with Gasteiger partial charge in [0, 0.05) is 10.8 Å². The maximum absolute atomic E-state index is 13.6. The van der Waals surface area contributed by atoms with Crippen LogP contribution < -0.4 is 9.77 Å². The van der Waals surface area contributed by atoms with E-state index in [0.717, 1.165) is 33.6 Å². The molecule has 2 aliphatic heterocycles. The summed E-state index contributed by atoms with van der Waals surface area (Å²) in [5.41, 5.74) is 1.09. The molecule has 0 N–H and O–H groups in total. The second-order valence-corrected chi connectivity index (χ2v) is 9.99. The largest absolute Gasteiger partial charge is 0.465 e. The van der Waals surface area contributed by atoms with Crippen LogP contribution in [0.3, 0.4) is 0 Å². The highest BCUT2D eigenvalue weighted by molar-refractivity contribution is 8.00. The van der Waals surface area contributed by atoms with E-state index in [9.17, 15) is 23.6 Å². The van der Waals surface area contributed by atoms with Crippen molar-refractivity contribution in [1.82, 2.24) is 4.57 Å². The van der Waals surface area contributed by atoms with Crippen molar-refractivity contribution in [2.75, 3.05) is 11.5 Å². The molecule has 1 fully saturated rings. The third-order valence-electron chi connectivity index (χ3n) is 5.89. The fourth-order valence-corrected chi connectivity index (χ4v) is 7.23. The van der Waals surface area contributed by atoms with Crippen LogP contribution in [0.15, 0.2) is 64.4 Å². The Bertz CT molecular complexity index is 1340. The summed E-state index contributed by atoms with van der Waals surface area (Å²) in [6, 6.07) is 14.4. The maximum atomic E-state index is 13.6. The van der Waals surface area contributed by atoms with Crippen LogP contribution in [0, 0.1) is 11.7 Å². The lowest BCUT2D eigenvalue weighted by Gasteiger charge is -2.30. The third kappa shape index (κ3) is 3.67.